The van der Waals surface area contributed by atoms with E-state index < -0.39 is 0 Å². The Hall–Kier alpha value is -0.220. The second-order valence-corrected chi connectivity index (χ2v) is 7.62. The van der Waals surface area contributed by atoms with Crippen molar-refractivity contribution in [3.63, 3.8) is 0 Å². The number of nitrogens with zero attached hydrogens (tertiary/aromatic N) is 1. The average molecular weight is 311 g/mol. The maximum atomic E-state index is 6.17. The van der Waals surface area contributed by atoms with Crippen LogP contribution >= 0.6 is 23.4 Å². The van der Waals surface area contributed by atoms with Crippen molar-refractivity contribution in [1.82, 2.24) is 10.2 Å². The Labute approximate surface area is 131 Å². The second-order valence-electron chi connectivity index (χ2n) is 6.05. The summed E-state index contributed by atoms with van der Waals surface area (Å²) in [5.41, 5.74) is 1.40. The minimum absolute atomic E-state index is 0.484. The van der Waals surface area contributed by atoms with Crippen molar-refractivity contribution in [1.29, 1.82) is 0 Å². The van der Waals surface area contributed by atoms with Crippen LogP contribution in [-0.2, 0) is 0 Å². The lowest BCUT2D eigenvalue weighted by Crippen LogP contribution is -2.38. The summed E-state index contributed by atoms with van der Waals surface area (Å²) in [7, 11) is 2.23. The van der Waals surface area contributed by atoms with Gasteiger partial charge < -0.3 is 10.2 Å². The van der Waals surface area contributed by atoms with Gasteiger partial charge >= 0.3 is 0 Å². The summed E-state index contributed by atoms with van der Waals surface area (Å²) < 4.78 is 0. The Morgan fingerprint density at radius 1 is 1.40 bits per heavy atom. The van der Waals surface area contributed by atoms with Crippen LogP contribution in [0.4, 0.5) is 0 Å². The van der Waals surface area contributed by atoms with E-state index in [1.165, 1.54) is 48.6 Å². The van der Waals surface area contributed by atoms with Gasteiger partial charge in [0.25, 0.3) is 0 Å². The van der Waals surface area contributed by atoms with Crippen molar-refractivity contribution in [2.45, 2.75) is 30.2 Å². The molecule has 2 aliphatic rings. The van der Waals surface area contributed by atoms with Gasteiger partial charge in [0, 0.05) is 22.5 Å². The van der Waals surface area contributed by atoms with Crippen LogP contribution in [-0.4, -0.2) is 37.3 Å². The van der Waals surface area contributed by atoms with Crippen LogP contribution in [0.2, 0.25) is 5.02 Å². The SMILES string of the molecule is CN1CCCC(CNC2CCSc3ccc(Cl)cc32)C1. The number of fused-ring (bicyclic) bond motifs is 1. The molecule has 0 saturated carbocycles. The molecule has 110 valence electrons. The van der Waals surface area contributed by atoms with E-state index in [1.54, 1.807) is 0 Å². The molecule has 0 aliphatic carbocycles. The molecule has 1 fully saturated rings. The quantitative estimate of drug-likeness (QED) is 0.914. The Balaban J connectivity index is 1.62. The van der Waals surface area contributed by atoms with E-state index in [1.807, 2.05) is 17.8 Å². The maximum absolute atomic E-state index is 6.17. The average Bonchev–Trinajstić information content (AvgIpc) is 2.45. The van der Waals surface area contributed by atoms with Gasteiger partial charge in [-0.1, -0.05) is 11.6 Å². The highest BCUT2D eigenvalue weighted by Crippen LogP contribution is 2.37. The molecule has 2 nitrogen and oxygen atoms in total. The van der Waals surface area contributed by atoms with E-state index >= 15 is 0 Å². The summed E-state index contributed by atoms with van der Waals surface area (Å²) in [4.78, 5) is 3.86. The largest absolute Gasteiger partial charge is 0.310 e. The van der Waals surface area contributed by atoms with Gasteiger partial charge in [0.15, 0.2) is 0 Å². The van der Waals surface area contributed by atoms with E-state index in [9.17, 15) is 0 Å². The molecule has 1 saturated heterocycles. The molecule has 2 heterocycles. The fourth-order valence-electron chi connectivity index (χ4n) is 3.33. The van der Waals surface area contributed by atoms with Gasteiger partial charge in [-0.15, -0.1) is 11.8 Å². The summed E-state index contributed by atoms with van der Waals surface area (Å²) >= 11 is 8.12. The lowest BCUT2D eigenvalue weighted by molar-refractivity contribution is 0.202. The summed E-state index contributed by atoms with van der Waals surface area (Å²) in [6, 6.07) is 6.81. The molecule has 3 rings (SSSR count). The highest BCUT2D eigenvalue weighted by Gasteiger charge is 2.23. The number of likely N-dealkylation sites (tertiary alicyclic amines) is 1. The van der Waals surface area contributed by atoms with Crippen LogP contribution < -0.4 is 5.32 Å². The molecule has 2 unspecified atom stereocenters. The molecule has 2 atom stereocenters. The molecule has 0 aromatic heterocycles. The van der Waals surface area contributed by atoms with E-state index in [0.717, 1.165) is 17.5 Å². The summed E-state index contributed by atoms with van der Waals surface area (Å²) in [5, 5.41) is 4.65. The summed E-state index contributed by atoms with van der Waals surface area (Å²) in [6.45, 7) is 3.62. The second kappa shape index (κ2) is 6.69. The summed E-state index contributed by atoms with van der Waals surface area (Å²) in [5.74, 6) is 2.00. The van der Waals surface area contributed by atoms with Crippen LogP contribution in [0.15, 0.2) is 23.1 Å². The van der Waals surface area contributed by atoms with Gasteiger partial charge in [-0.3, -0.25) is 0 Å². The topological polar surface area (TPSA) is 15.3 Å². The molecular weight excluding hydrogens is 288 g/mol. The minimum atomic E-state index is 0.484. The zero-order chi connectivity index (χ0) is 13.9. The lowest BCUT2D eigenvalue weighted by Gasteiger charge is -2.32. The third-order valence-electron chi connectivity index (χ3n) is 4.39. The molecule has 0 amide bonds. The van der Waals surface area contributed by atoms with Gasteiger partial charge in [-0.2, -0.15) is 0 Å². The normalized spacial score (nSPS) is 27.3. The van der Waals surface area contributed by atoms with Crippen LogP contribution in [0.3, 0.4) is 0 Å². The number of halogens is 1. The highest BCUT2D eigenvalue weighted by atomic mass is 35.5. The van der Waals surface area contributed by atoms with Crippen molar-refractivity contribution < 1.29 is 0 Å². The molecule has 1 N–H and O–H groups in total. The predicted molar refractivity (Wildman–Crippen MR) is 87.8 cm³/mol. The Morgan fingerprint density at radius 3 is 3.15 bits per heavy atom. The molecule has 0 radical (unpaired) electrons. The summed E-state index contributed by atoms with van der Waals surface area (Å²) in [6.07, 6.45) is 3.91. The smallest absolute Gasteiger partial charge is 0.0410 e. The zero-order valence-electron chi connectivity index (χ0n) is 12.1. The van der Waals surface area contributed by atoms with Gasteiger partial charge in [0.05, 0.1) is 0 Å². The van der Waals surface area contributed by atoms with Crippen LogP contribution in [0.5, 0.6) is 0 Å². The molecule has 1 aromatic carbocycles. The molecule has 0 spiro atoms. The van der Waals surface area contributed by atoms with Gasteiger partial charge in [0.2, 0.25) is 0 Å². The number of rotatable bonds is 3. The molecule has 2 aliphatic heterocycles. The number of piperidine rings is 1. The first-order chi connectivity index (χ1) is 9.72. The third kappa shape index (κ3) is 3.51. The fourth-order valence-corrected chi connectivity index (χ4v) is 4.61. The van der Waals surface area contributed by atoms with Crippen molar-refractivity contribution in [3.8, 4) is 0 Å². The van der Waals surface area contributed by atoms with Gasteiger partial charge in [-0.05, 0) is 74.8 Å². The maximum Gasteiger partial charge on any atom is 0.0410 e. The van der Waals surface area contributed by atoms with E-state index in [4.69, 9.17) is 11.6 Å². The molecule has 4 heteroatoms. The van der Waals surface area contributed by atoms with Crippen LogP contribution in [0, 0.1) is 5.92 Å². The predicted octanol–water partition coefficient (Wildman–Crippen LogP) is 3.81. The monoisotopic (exact) mass is 310 g/mol. The highest BCUT2D eigenvalue weighted by molar-refractivity contribution is 7.99. The van der Waals surface area contributed by atoms with Gasteiger partial charge in [0.1, 0.15) is 0 Å². The molecule has 20 heavy (non-hydrogen) atoms. The Kier molecular flexibility index (Phi) is 4.92. The minimum Gasteiger partial charge on any atom is -0.310 e. The first-order valence-corrected chi connectivity index (χ1v) is 8.93. The fraction of sp³-hybridized carbons (Fsp3) is 0.625. The zero-order valence-corrected chi connectivity index (χ0v) is 13.6. The van der Waals surface area contributed by atoms with Crippen molar-refractivity contribution >= 4 is 23.4 Å². The van der Waals surface area contributed by atoms with E-state index in [0.29, 0.717) is 6.04 Å². The molecular formula is C16H23ClN2S. The number of hydrogen-bond donors (Lipinski definition) is 1. The standard InChI is InChI=1S/C16H23ClN2S/c1-19-7-2-3-12(11-19)10-18-15-6-8-20-16-5-4-13(17)9-14(15)16/h4-5,9,12,15,18H,2-3,6-8,10-11H2,1H3. The number of thioether (sulfide) groups is 1. The number of benzene rings is 1. The van der Waals surface area contributed by atoms with Crippen LogP contribution in [0.25, 0.3) is 0 Å². The van der Waals surface area contributed by atoms with Crippen molar-refractivity contribution in [3.05, 3.63) is 28.8 Å². The van der Waals surface area contributed by atoms with Crippen molar-refractivity contribution in [2.24, 2.45) is 5.92 Å². The number of nitrogens with one attached hydrogen (secondary N) is 1. The Bertz CT molecular complexity index is 466. The van der Waals surface area contributed by atoms with E-state index in [2.05, 4.69) is 29.4 Å². The van der Waals surface area contributed by atoms with Gasteiger partial charge in [-0.25, -0.2) is 0 Å². The lowest BCUT2D eigenvalue weighted by atomic mass is 9.97. The number of hydrogen-bond acceptors (Lipinski definition) is 3. The molecule has 0 bridgehead atoms. The van der Waals surface area contributed by atoms with E-state index in [-0.39, 0.29) is 0 Å². The Morgan fingerprint density at radius 2 is 2.30 bits per heavy atom. The van der Waals surface area contributed by atoms with Crippen molar-refractivity contribution in [2.75, 3.05) is 32.4 Å². The third-order valence-corrected chi connectivity index (χ3v) is 5.74. The van der Waals surface area contributed by atoms with Crippen LogP contribution in [0.1, 0.15) is 30.9 Å². The molecule has 1 aromatic rings. The first kappa shape index (κ1) is 14.7. The first-order valence-electron chi connectivity index (χ1n) is 7.56.